The third-order valence-electron chi connectivity index (χ3n) is 3.10. The average Bonchev–Trinajstić information content (AvgIpc) is 2.77. The van der Waals surface area contributed by atoms with Crippen LogP contribution in [0.25, 0.3) is 11.0 Å². The minimum Gasteiger partial charge on any atom is -0.331 e. The monoisotopic (exact) mass is 231 g/mol. The molecule has 3 heteroatoms. The standard InChI is InChI=1S/C14H21N3/c1-3-15-9-5-6-12-7-8-14-13(10-12)16-11-17(14)4-2/h7-8,10-11,15H,3-6,9H2,1-2H3. The van der Waals surface area contributed by atoms with Crippen LogP contribution in [0, 0.1) is 0 Å². The lowest BCUT2D eigenvalue weighted by Gasteiger charge is -2.03. The third-order valence-corrected chi connectivity index (χ3v) is 3.10. The third kappa shape index (κ3) is 2.86. The number of fused-ring (bicyclic) bond motifs is 1. The van der Waals surface area contributed by atoms with Gasteiger partial charge in [-0.1, -0.05) is 13.0 Å². The number of benzene rings is 1. The average molecular weight is 231 g/mol. The molecule has 0 bridgehead atoms. The Bertz CT molecular complexity index is 473. The lowest BCUT2D eigenvalue weighted by Crippen LogP contribution is -2.14. The highest BCUT2D eigenvalue weighted by molar-refractivity contribution is 5.76. The molecule has 0 saturated heterocycles. The SMILES string of the molecule is CCNCCCc1ccc2c(c1)ncn2CC. The topological polar surface area (TPSA) is 29.9 Å². The van der Waals surface area contributed by atoms with E-state index in [1.807, 2.05) is 6.33 Å². The van der Waals surface area contributed by atoms with Crippen LogP contribution in [0.2, 0.25) is 0 Å². The molecule has 0 saturated carbocycles. The summed E-state index contributed by atoms with van der Waals surface area (Å²) >= 11 is 0. The highest BCUT2D eigenvalue weighted by Crippen LogP contribution is 2.15. The molecule has 0 unspecified atom stereocenters. The van der Waals surface area contributed by atoms with E-state index in [0.717, 1.165) is 31.6 Å². The first-order valence-electron chi connectivity index (χ1n) is 6.49. The van der Waals surface area contributed by atoms with Crippen LogP contribution >= 0.6 is 0 Å². The summed E-state index contributed by atoms with van der Waals surface area (Å²) < 4.78 is 2.18. The smallest absolute Gasteiger partial charge is 0.0958 e. The maximum absolute atomic E-state index is 4.44. The molecule has 1 heterocycles. The van der Waals surface area contributed by atoms with Crippen molar-refractivity contribution < 1.29 is 0 Å². The van der Waals surface area contributed by atoms with E-state index in [1.165, 1.54) is 17.5 Å². The summed E-state index contributed by atoms with van der Waals surface area (Å²) in [7, 11) is 0. The van der Waals surface area contributed by atoms with Gasteiger partial charge in [-0.2, -0.15) is 0 Å². The Labute approximate surface area is 103 Å². The van der Waals surface area contributed by atoms with Gasteiger partial charge in [-0.15, -0.1) is 0 Å². The van der Waals surface area contributed by atoms with Crippen molar-refractivity contribution in [2.24, 2.45) is 0 Å². The number of hydrogen-bond acceptors (Lipinski definition) is 2. The molecule has 0 amide bonds. The van der Waals surface area contributed by atoms with Crippen LogP contribution in [0.1, 0.15) is 25.8 Å². The van der Waals surface area contributed by atoms with E-state index in [4.69, 9.17) is 0 Å². The first-order chi connectivity index (χ1) is 8.35. The van der Waals surface area contributed by atoms with E-state index in [0.29, 0.717) is 0 Å². The van der Waals surface area contributed by atoms with Crippen LogP contribution in [0.15, 0.2) is 24.5 Å². The van der Waals surface area contributed by atoms with E-state index < -0.39 is 0 Å². The number of nitrogens with one attached hydrogen (secondary N) is 1. The molecule has 1 aromatic carbocycles. The number of aryl methyl sites for hydroxylation is 2. The largest absolute Gasteiger partial charge is 0.331 e. The molecule has 2 aromatic rings. The van der Waals surface area contributed by atoms with Crippen LogP contribution in [-0.2, 0) is 13.0 Å². The molecule has 0 aliphatic heterocycles. The molecule has 0 atom stereocenters. The van der Waals surface area contributed by atoms with E-state index in [-0.39, 0.29) is 0 Å². The highest BCUT2D eigenvalue weighted by atomic mass is 15.0. The Kier molecular flexibility index (Phi) is 4.15. The van der Waals surface area contributed by atoms with E-state index >= 15 is 0 Å². The van der Waals surface area contributed by atoms with Crippen molar-refractivity contribution >= 4 is 11.0 Å². The van der Waals surface area contributed by atoms with E-state index in [9.17, 15) is 0 Å². The molecule has 0 radical (unpaired) electrons. The van der Waals surface area contributed by atoms with Crippen LogP contribution in [0.5, 0.6) is 0 Å². The number of aromatic nitrogens is 2. The van der Waals surface area contributed by atoms with Gasteiger partial charge >= 0.3 is 0 Å². The molecule has 1 aromatic heterocycles. The van der Waals surface area contributed by atoms with Gasteiger partial charge in [0.25, 0.3) is 0 Å². The fraction of sp³-hybridized carbons (Fsp3) is 0.500. The predicted octanol–water partition coefficient (Wildman–Crippen LogP) is 2.60. The number of hydrogen-bond donors (Lipinski definition) is 1. The highest BCUT2D eigenvalue weighted by Gasteiger charge is 2.02. The van der Waals surface area contributed by atoms with Gasteiger partial charge in [-0.3, -0.25) is 0 Å². The number of rotatable bonds is 6. The van der Waals surface area contributed by atoms with E-state index in [2.05, 4.69) is 46.9 Å². The zero-order valence-electron chi connectivity index (χ0n) is 10.7. The van der Waals surface area contributed by atoms with Crippen LogP contribution < -0.4 is 5.32 Å². The van der Waals surface area contributed by atoms with E-state index in [1.54, 1.807) is 0 Å². The molecule has 17 heavy (non-hydrogen) atoms. The van der Waals surface area contributed by atoms with Crippen molar-refractivity contribution in [1.29, 1.82) is 0 Å². The Balaban J connectivity index is 2.05. The lowest BCUT2D eigenvalue weighted by atomic mass is 10.1. The zero-order chi connectivity index (χ0) is 12.1. The molecule has 92 valence electrons. The molecule has 0 fully saturated rings. The van der Waals surface area contributed by atoms with Gasteiger partial charge < -0.3 is 9.88 Å². The van der Waals surface area contributed by atoms with Gasteiger partial charge in [0.15, 0.2) is 0 Å². The van der Waals surface area contributed by atoms with Crippen molar-refractivity contribution in [1.82, 2.24) is 14.9 Å². The van der Waals surface area contributed by atoms with Gasteiger partial charge in [-0.05, 0) is 50.6 Å². The van der Waals surface area contributed by atoms with Gasteiger partial charge in [0.2, 0.25) is 0 Å². The van der Waals surface area contributed by atoms with Crippen molar-refractivity contribution in [3.8, 4) is 0 Å². The van der Waals surface area contributed by atoms with Crippen LogP contribution in [-0.4, -0.2) is 22.6 Å². The maximum atomic E-state index is 4.44. The zero-order valence-corrected chi connectivity index (χ0v) is 10.7. The Hall–Kier alpha value is -1.35. The summed E-state index contributed by atoms with van der Waals surface area (Å²) in [5.41, 5.74) is 3.74. The molecular formula is C14H21N3. The summed E-state index contributed by atoms with van der Waals surface area (Å²) in [5, 5.41) is 3.35. The van der Waals surface area contributed by atoms with Gasteiger partial charge in [-0.25, -0.2) is 4.98 Å². The van der Waals surface area contributed by atoms with Crippen molar-refractivity contribution in [2.75, 3.05) is 13.1 Å². The molecule has 3 nitrogen and oxygen atoms in total. The second-order valence-corrected chi connectivity index (χ2v) is 4.31. The first-order valence-corrected chi connectivity index (χ1v) is 6.49. The van der Waals surface area contributed by atoms with Gasteiger partial charge in [0.1, 0.15) is 0 Å². The quantitative estimate of drug-likeness (QED) is 0.774. The van der Waals surface area contributed by atoms with Crippen molar-refractivity contribution in [3.05, 3.63) is 30.1 Å². The first kappa shape index (κ1) is 12.1. The fourth-order valence-electron chi connectivity index (χ4n) is 2.11. The lowest BCUT2D eigenvalue weighted by molar-refractivity contribution is 0.673. The predicted molar refractivity (Wildman–Crippen MR) is 72.3 cm³/mol. The summed E-state index contributed by atoms with van der Waals surface area (Å²) in [6, 6.07) is 6.63. The maximum Gasteiger partial charge on any atom is 0.0958 e. The Morgan fingerprint density at radius 2 is 2.18 bits per heavy atom. The number of imidazole rings is 1. The number of nitrogens with zero attached hydrogens (tertiary/aromatic N) is 2. The summed E-state index contributed by atoms with van der Waals surface area (Å²) in [4.78, 5) is 4.44. The molecule has 2 rings (SSSR count). The Morgan fingerprint density at radius 1 is 1.29 bits per heavy atom. The molecule has 0 aliphatic carbocycles. The van der Waals surface area contributed by atoms with Crippen molar-refractivity contribution in [2.45, 2.75) is 33.2 Å². The summed E-state index contributed by atoms with van der Waals surface area (Å²) in [5.74, 6) is 0. The normalized spacial score (nSPS) is 11.2. The Morgan fingerprint density at radius 3 is 2.94 bits per heavy atom. The fourth-order valence-corrected chi connectivity index (χ4v) is 2.11. The molecule has 0 aliphatic rings. The van der Waals surface area contributed by atoms with Gasteiger partial charge in [0.05, 0.1) is 17.4 Å². The summed E-state index contributed by atoms with van der Waals surface area (Å²) in [6.45, 7) is 7.42. The second-order valence-electron chi connectivity index (χ2n) is 4.31. The molecule has 0 spiro atoms. The second kappa shape index (κ2) is 5.82. The molecular weight excluding hydrogens is 210 g/mol. The molecule has 1 N–H and O–H groups in total. The van der Waals surface area contributed by atoms with Gasteiger partial charge in [0, 0.05) is 6.54 Å². The minimum absolute atomic E-state index is 0.982. The van der Waals surface area contributed by atoms with Crippen molar-refractivity contribution in [3.63, 3.8) is 0 Å². The van der Waals surface area contributed by atoms with Crippen LogP contribution in [0.3, 0.4) is 0 Å². The summed E-state index contributed by atoms with van der Waals surface area (Å²) in [6.07, 6.45) is 4.24. The minimum atomic E-state index is 0.982. The van der Waals surface area contributed by atoms with Crippen LogP contribution in [0.4, 0.5) is 0 Å².